The lowest BCUT2D eigenvalue weighted by Crippen LogP contribution is -2.29. The molecule has 2 heterocycles. The number of fused-ring (bicyclic) bond motifs is 1. The Labute approximate surface area is 126 Å². The molecule has 0 unspecified atom stereocenters. The van der Waals surface area contributed by atoms with Gasteiger partial charge in [-0.3, -0.25) is 4.90 Å². The lowest BCUT2D eigenvalue weighted by atomic mass is 10.1. The van der Waals surface area contributed by atoms with Gasteiger partial charge < -0.3 is 5.11 Å². The van der Waals surface area contributed by atoms with E-state index < -0.39 is 5.97 Å². The maximum Gasteiger partial charge on any atom is 0.345 e. The normalized spacial score (nSPS) is 14.4. The molecule has 1 aliphatic rings. The Balaban J connectivity index is 1.77. The summed E-state index contributed by atoms with van der Waals surface area (Å²) in [6, 6.07) is 11.6. The largest absolute Gasteiger partial charge is 0.477 e. The Morgan fingerprint density at radius 1 is 1.43 bits per heavy atom. The van der Waals surface area contributed by atoms with Crippen molar-refractivity contribution in [1.82, 2.24) is 4.90 Å². The number of rotatable bonds is 3. The highest BCUT2D eigenvalue weighted by molar-refractivity contribution is 7.14. The van der Waals surface area contributed by atoms with Crippen LogP contribution in [0.5, 0.6) is 0 Å². The van der Waals surface area contributed by atoms with E-state index in [1.807, 2.05) is 24.3 Å². The quantitative estimate of drug-likeness (QED) is 0.946. The average molecular weight is 298 g/mol. The number of carbonyl (C=O) groups is 1. The van der Waals surface area contributed by atoms with Crippen molar-refractivity contribution in [3.8, 4) is 6.07 Å². The van der Waals surface area contributed by atoms with Crippen LogP contribution in [0.2, 0.25) is 0 Å². The fourth-order valence-corrected chi connectivity index (χ4v) is 3.64. The Morgan fingerprint density at radius 3 is 3.00 bits per heavy atom. The fraction of sp³-hybridized carbons (Fsp3) is 0.250. The molecule has 0 aliphatic carbocycles. The van der Waals surface area contributed by atoms with Crippen LogP contribution in [0.4, 0.5) is 0 Å². The molecule has 5 heteroatoms. The summed E-state index contributed by atoms with van der Waals surface area (Å²) in [5.41, 5.74) is 2.84. The number of hydrogen-bond acceptors (Lipinski definition) is 4. The number of carboxylic acid groups (broad SMARTS) is 1. The maximum atomic E-state index is 11.0. The van der Waals surface area contributed by atoms with Crippen molar-refractivity contribution in [1.29, 1.82) is 5.26 Å². The molecule has 1 N–H and O–H groups in total. The molecular formula is C16H14N2O2S. The van der Waals surface area contributed by atoms with Crippen molar-refractivity contribution in [2.45, 2.75) is 19.5 Å². The van der Waals surface area contributed by atoms with Crippen LogP contribution in [0, 0.1) is 11.3 Å². The molecule has 1 aromatic carbocycles. The van der Waals surface area contributed by atoms with E-state index in [0.29, 0.717) is 10.4 Å². The second kappa shape index (κ2) is 5.68. The van der Waals surface area contributed by atoms with Crippen molar-refractivity contribution in [3.63, 3.8) is 0 Å². The van der Waals surface area contributed by atoms with Gasteiger partial charge in [-0.05, 0) is 29.7 Å². The third-order valence-corrected chi connectivity index (χ3v) is 4.91. The summed E-state index contributed by atoms with van der Waals surface area (Å²) >= 11 is 1.38. The van der Waals surface area contributed by atoms with Gasteiger partial charge in [-0.2, -0.15) is 5.26 Å². The standard InChI is InChI=1S/C16H14N2O2S/c17-8-11-3-1-2-4-12(11)9-18-6-5-14-13(10-18)7-15(21-14)16(19)20/h1-4,7H,5-6,9-10H2,(H,19,20). The van der Waals surface area contributed by atoms with Crippen LogP contribution in [0.1, 0.15) is 31.2 Å². The van der Waals surface area contributed by atoms with Crippen molar-refractivity contribution in [2.24, 2.45) is 0 Å². The molecule has 3 rings (SSSR count). The fourth-order valence-electron chi connectivity index (χ4n) is 2.64. The summed E-state index contributed by atoms with van der Waals surface area (Å²) in [7, 11) is 0. The van der Waals surface area contributed by atoms with E-state index in [0.717, 1.165) is 37.2 Å². The third-order valence-electron chi connectivity index (χ3n) is 3.69. The average Bonchev–Trinajstić information content (AvgIpc) is 2.91. The SMILES string of the molecule is N#Cc1ccccc1CN1CCc2sc(C(=O)O)cc2C1. The van der Waals surface area contributed by atoms with Gasteiger partial charge in [-0.1, -0.05) is 18.2 Å². The molecule has 21 heavy (non-hydrogen) atoms. The van der Waals surface area contributed by atoms with Gasteiger partial charge in [0.15, 0.2) is 0 Å². The van der Waals surface area contributed by atoms with Crippen molar-refractivity contribution < 1.29 is 9.90 Å². The van der Waals surface area contributed by atoms with E-state index in [1.54, 1.807) is 6.07 Å². The number of thiophene rings is 1. The van der Waals surface area contributed by atoms with Gasteiger partial charge in [0.1, 0.15) is 4.88 Å². The second-order valence-corrected chi connectivity index (χ2v) is 6.23. The monoisotopic (exact) mass is 298 g/mol. The summed E-state index contributed by atoms with van der Waals surface area (Å²) in [6.07, 6.45) is 0.877. The molecule has 0 fully saturated rings. The minimum Gasteiger partial charge on any atom is -0.477 e. The molecular weight excluding hydrogens is 284 g/mol. The summed E-state index contributed by atoms with van der Waals surface area (Å²) in [5, 5.41) is 18.2. The number of aromatic carboxylic acids is 1. The maximum absolute atomic E-state index is 11.0. The predicted octanol–water partition coefficient (Wildman–Crippen LogP) is 2.88. The molecule has 1 aromatic heterocycles. The molecule has 2 aromatic rings. The van der Waals surface area contributed by atoms with Crippen molar-refractivity contribution >= 4 is 17.3 Å². The number of hydrogen-bond donors (Lipinski definition) is 1. The lowest BCUT2D eigenvalue weighted by molar-refractivity contribution is 0.0702. The highest BCUT2D eigenvalue weighted by Crippen LogP contribution is 2.29. The minimum atomic E-state index is -0.851. The van der Waals surface area contributed by atoms with Crippen molar-refractivity contribution in [2.75, 3.05) is 6.54 Å². The molecule has 0 saturated carbocycles. The summed E-state index contributed by atoms with van der Waals surface area (Å²) in [4.78, 5) is 14.9. The zero-order valence-electron chi connectivity index (χ0n) is 11.4. The van der Waals surface area contributed by atoms with Gasteiger partial charge in [-0.25, -0.2) is 4.79 Å². The smallest absolute Gasteiger partial charge is 0.345 e. The topological polar surface area (TPSA) is 64.3 Å². The first-order valence-electron chi connectivity index (χ1n) is 6.72. The van der Waals surface area contributed by atoms with Crippen LogP contribution in [0.15, 0.2) is 30.3 Å². The van der Waals surface area contributed by atoms with E-state index in [9.17, 15) is 4.79 Å². The molecule has 0 saturated heterocycles. The summed E-state index contributed by atoms with van der Waals surface area (Å²) in [5.74, 6) is -0.851. The van der Waals surface area contributed by atoms with E-state index in [4.69, 9.17) is 10.4 Å². The Hall–Kier alpha value is -2.16. The van der Waals surface area contributed by atoms with Gasteiger partial charge in [0.05, 0.1) is 11.6 Å². The van der Waals surface area contributed by atoms with Gasteiger partial charge in [0.2, 0.25) is 0 Å². The summed E-state index contributed by atoms with van der Waals surface area (Å²) < 4.78 is 0. The van der Waals surface area contributed by atoms with Gasteiger partial charge in [0.25, 0.3) is 0 Å². The van der Waals surface area contributed by atoms with Gasteiger partial charge >= 0.3 is 5.97 Å². The molecule has 0 amide bonds. The molecule has 4 nitrogen and oxygen atoms in total. The zero-order chi connectivity index (χ0) is 14.8. The van der Waals surface area contributed by atoms with Gasteiger partial charge in [-0.15, -0.1) is 11.3 Å². The first-order valence-corrected chi connectivity index (χ1v) is 7.54. The molecule has 0 atom stereocenters. The van der Waals surface area contributed by atoms with Crippen LogP contribution < -0.4 is 0 Å². The molecule has 0 spiro atoms. The van der Waals surface area contributed by atoms with Crippen LogP contribution in [-0.4, -0.2) is 22.5 Å². The highest BCUT2D eigenvalue weighted by atomic mass is 32.1. The van der Waals surface area contributed by atoms with E-state index in [2.05, 4.69) is 11.0 Å². The van der Waals surface area contributed by atoms with Crippen LogP contribution in [0.3, 0.4) is 0 Å². The Bertz CT molecular complexity index is 730. The molecule has 0 radical (unpaired) electrons. The second-order valence-electron chi connectivity index (χ2n) is 5.09. The Kier molecular flexibility index (Phi) is 3.74. The van der Waals surface area contributed by atoms with E-state index in [-0.39, 0.29) is 0 Å². The predicted molar refractivity (Wildman–Crippen MR) is 80.3 cm³/mol. The van der Waals surface area contributed by atoms with Crippen molar-refractivity contribution in [3.05, 3.63) is 56.8 Å². The first kappa shape index (κ1) is 13.8. The first-order chi connectivity index (χ1) is 10.2. The lowest BCUT2D eigenvalue weighted by Gasteiger charge is -2.27. The van der Waals surface area contributed by atoms with Gasteiger partial charge in [0, 0.05) is 24.5 Å². The van der Waals surface area contributed by atoms with Crippen LogP contribution in [0.25, 0.3) is 0 Å². The molecule has 106 valence electrons. The number of nitrogens with zero attached hydrogens (tertiary/aromatic N) is 2. The zero-order valence-corrected chi connectivity index (χ0v) is 12.2. The Morgan fingerprint density at radius 2 is 2.24 bits per heavy atom. The number of carboxylic acids is 1. The van der Waals surface area contributed by atoms with E-state index in [1.165, 1.54) is 16.2 Å². The van der Waals surface area contributed by atoms with Crippen LogP contribution in [-0.2, 0) is 19.5 Å². The summed E-state index contributed by atoms with van der Waals surface area (Å²) in [6.45, 7) is 2.37. The minimum absolute atomic E-state index is 0.416. The number of benzene rings is 1. The third kappa shape index (κ3) is 2.82. The van der Waals surface area contributed by atoms with E-state index >= 15 is 0 Å². The number of nitriles is 1. The molecule has 0 bridgehead atoms. The molecule has 1 aliphatic heterocycles. The van der Waals surface area contributed by atoms with Crippen LogP contribution >= 0.6 is 11.3 Å². The highest BCUT2D eigenvalue weighted by Gasteiger charge is 2.21.